The fourth-order valence-electron chi connectivity index (χ4n) is 3.58. The Morgan fingerprint density at radius 3 is 3.11 bits per heavy atom. The third kappa shape index (κ3) is 3.00. The Kier molecular flexibility index (Phi) is 4.40. The molecule has 4 aromatic rings. The van der Waals surface area contributed by atoms with E-state index >= 15 is 0 Å². The first-order valence-corrected chi connectivity index (χ1v) is 10.7. The van der Waals surface area contributed by atoms with Gasteiger partial charge in [-0.1, -0.05) is 6.07 Å². The summed E-state index contributed by atoms with van der Waals surface area (Å²) >= 11 is 2.84. The van der Waals surface area contributed by atoms with Crippen LogP contribution in [0.3, 0.4) is 0 Å². The smallest absolute Gasteiger partial charge is 0.223 e. The Balaban J connectivity index is 1.50. The zero-order valence-corrected chi connectivity index (χ0v) is 16.4. The van der Waals surface area contributed by atoms with Crippen LogP contribution in [-0.2, 0) is 17.6 Å². The molecule has 1 aliphatic rings. The molecule has 1 amide bonds. The monoisotopic (exact) mass is 413 g/mol. The number of hydrogen-bond donors (Lipinski definition) is 1. The summed E-state index contributed by atoms with van der Waals surface area (Å²) in [5.41, 5.74) is 2.42. The van der Waals surface area contributed by atoms with Crippen molar-refractivity contribution in [2.75, 3.05) is 6.54 Å². The van der Waals surface area contributed by atoms with Crippen LogP contribution in [0.25, 0.3) is 10.2 Å². The van der Waals surface area contributed by atoms with Crippen molar-refractivity contribution >= 4 is 38.8 Å². The molecule has 0 saturated carbocycles. The average molecular weight is 414 g/mol. The van der Waals surface area contributed by atoms with Gasteiger partial charge in [-0.15, -0.1) is 22.7 Å². The molecule has 0 fully saturated rings. The molecule has 1 N–H and O–H groups in total. The Morgan fingerprint density at radius 1 is 1.36 bits per heavy atom. The summed E-state index contributed by atoms with van der Waals surface area (Å²) in [7, 11) is 0. The largest absolute Gasteiger partial charge is 0.348 e. The number of H-pyrrole nitrogens is 1. The molecule has 1 atom stereocenters. The zero-order chi connectivity index (χ0) is 19.1. The zero-order valence-electron chi connectivity index (χ0n) is 14.8. The van der Waals surface area contributed by atoms with E-state index in [1.807, 2.05) is 10.3 Å². The second-order valence-corrected chi connectivity index (χ2v) is 8.58. The second kappa shape index (κ2) is 7.06. The Hall–Kier alpha value is -2.65. The molecule has 9 heteroatoms. The molecule has 6 nitrogen and oxygen atoms in total. The topological polar surface area (TPSA) is 74.8 Å². The van der Waals surface area contributed by atoms with Crippen molar-refractivity contribution in [2.45, 2.75) is 25.3 Å². The van der Waals surface area contributed by atoms with Crippen LogP contribution < -0.4 is 0 Å². The predicted molar refractivity (Wildman–Crippen MR) is 106 cm³/mol. The van der Waals surface area contributed by atoms with Crippen LogP contribution in [0.2, 0.25) is 0 Å². The average Bonchev–Trinajstić information content (AvgIpc) is 3.45. The van der Waals surface area contributed by atoms with E-state index in [4.69, 9.17) is 0 Å². The summed E-state index contributed by atoms with van der Waals surface area (Å²) in [5, 5.41) is 3.55. The number of rotatable bonds is 4. The number of imidazole rings is 1. The third-order valence-corrected chi connectivity index (χ3v) is 6.87. The van der Waals surface area contributed by atoms with Gasteiger partial charge >= 0.3 is 0 Å². The molecule has 0 unspecified atom stereocenters. The highest BCUT2D eigenvalue weighted by Crippen LogP contribution is 2.38. The van der Waals surface area contributed by atoms with Gasteiger partial charge in [0.2, 0.25) is 5.91 Å². The molecule has 0 saturated heterocycles. The summed E-state index contributed by atoms with van der Waals surface area (Å²) in [6.45, 7) is 0.578. The lowest BCUT2D eigenvalue weighted by Gasteiger charge is -2.33. The van der Waals surface area contributed by atoms with E-state index in [-0.39, 0.29) is 11.7 Å². The normalized spacial score (nSPS) is 16.5. The second-order valence-electron chi connectivity index (χ2n) is 6.57. The lowest BCUT2D eigenvalue weighted by Crippen LogP contribution is -2.40. The van der Waals surface area contributed by atoms with Crippen LogP contribution in [0.4, 0.5) is 4.39 Å². The van der Waals surface area contributed by atoms with Crippen LogP contribution >= 0.6 is 22.7 Å². The van der Waals surface area contributed by atoms with E-state index in [2.05, 4.69) is 19.9 Å². The van der Waals surface area contributed by atoms with Gasteiger partial charge in [-0.2, -0.15) is 0 Å². The predicted octanol–water partition coefficient (Wildman–Crippen LogP) is 3.72. The van der Waals surface area contributed by atoms with Crippen molar-refractivity contribution in [3.8, 4) is 0 Å². The number of amides is 1. The lowest BCUT2D eigenvalue weighted by molar-refractivity contribution is -0.133. The molecule has 0 spiro atoms. The number of carbonyl (C=O) groups is 1. The minimum absolute atomic E-state index is 0.0357. The highest BCUT2D eigenvalue weighted by molar-refractivity contribution is 7.18. The summed E-state index contributed by atoms with van der Waals surface area (Å²) in [6.07, 6.45) is 5.10. The quantitative estimate of drug-likeness (QED) is 0.553. The fraction of sp³-hybridized carbons (Fsp3) is 0.263. The Bertz CT molecular complexity index is 1140. The third-order valence-electron chi connectivity index (χ3n) is 4.90. The molecular formula is C19H16FN5OS2. The highest BCUT2D eigenvalue weighted by Gasteiger charge is 2.36. The summed E-state index contributed by atoms with van der Waals surface area (Å²) in [6, 6.07) is 4.48. The van der Waals surface area contributed by atoms with Gasteiger partial charge in [0.25, 0.3) is 0 Å². The van der Waals surface area contributed by atoms with Crippen LogP contribution in [-0.4, -0.2) is 37.3 Å². The minimum atomic E-state index is -0.393. The molecule has 0 bridgehead atoms. The first kappa shape index (κ1) is 17.4. The van der Waals surface area contributed by atoms with Crippen LogP contribution in [0.5, 0.6) is 0 Å². The summed E-state index contributed by atoms with van der Waals surface area (Å²) < 4.78 is 14.7. The van der Waals surface area contributed by atoms with Crippen LogP contribution in [0.1, 0.15) is 33.9 Å². The van der Waals surface area contributed by atoms with Crippen molar-refractivity contribution in [3.63, 3.8) is 0 Å². The molecule has 1 aromatic carbocycles. The maximum Gasteiger partial charge on any atom is 0.223 e. The van der Waals surface area contributed by atoms with Gasteiger partial charge in [-0.25, -0.2) is 19.3 Å². The number of aryl methyl sites for hydroxylation is 1. The van der Waals surface area contributed by atoms with Gasteiger partial charge in [-0.05, 0) is 12.1 Å². The number of hydrogen-bond acceptors (Lipinski definition) is 6. The van der Waals surface area contributed by atoms with Gasteiger partial charge in [0, 0.05) is 43.1 Å². The Morgan fingerprint density at radius 2 is 2.29 bits per heavy atom. The molecule has 28 heavy (non-hydrogen) atoms. The maximum absolute atomic E-state index is 14.2. The number of aromatic amines is 1. The fourth-order valence-corrected chi connectivity index (χ4v) is 5.29. The minimum Gasteiger partial charge on any atom is -0.348 e. The Labute approximate surface area is 168 Å². The highest BCUT2D eigenvalue weighted by atomic mass is 32.1. The van der Waals surface area contributed by atoms with E-state index in [9.17, 15) is 9.18 Å². The van der Waals surface area contributed by atoms with Crippen molar-refractivity contribution in [3.05, 3.63) is 63.3 Å². The first-order valence-electron chi connectivity index (χ1n) is 8.95. The molecule has 0 radical (unpaired) electrons. The van der Waals surface area contributed by atoms with Crippen LogP contribution in [0.15, 0.2) is 36.1 Å². The van der Waals surface area contributed by atoms with Crippen molar-refractivity contribution in [1.82, 2.24) is 24.8 Å². The van der Waals surface area contributed by atoms with Crippen molar-refractivity contribution in [1.29, 1.82) is 0 Å². The van der Waals surface area contributed by atoms with Gasteiger partial charge in [0.05, 0.1) is 27.2 Å². The molecular weight excluding hydrogens is 397 g/mol. The van der Waals surface area contributed by atoms with Gasteiger partial charge < -0.3 is 9.88 Å². The molecule has 0 aliphatic carbocycles. The number of benzene rings is 1. The van der Waals surface area contributed by atoms with Gasteiger partial charge in [0.1, 0.15) is 16.9 Å². The van der Waals surface area contributed by atoms with Crippen LogP contribution in [0, 0.1) is 5.82 Å². The molecule has 4 heterocycles. The van der Waals surface area contributed by atoms with Crippen molar-refractivity contribution < 1.29 is 9.18 Å². The standard InChI is InChI=1S/C19H16FN5OS2/c20-11-2-1-3-13-18(11)28-19(24-13)17-16-12(22-10-23-16)6-8-25(17)15(26)5-4-14-21-7-9-27-14/h1-3,7,9-10,17H,4-6,8H2,(H,22,23)/t17-/m0/s1. The van der Waals surface area contributed by atoms with Crippen molar-refractivity contribution in [2.24, 2.45) is 0 Å². The van der Waals surface area contributed by atoms with E-state index in [0.29, 0.717) is 41.0 Å². The van der Waals surface area contributed by atoms with Gasteiger partial charge in [-0.3, -0.25) is 4.79 Å². The van der Waals surface area contributed by atoms with Gasteiger partial charge in [0.15, 0.2) is 0 Å². The number of fused-ring (bicyclic) bond motifs is 2. The van der Waals surface area contributed by atoms with E-state index < -0.39 is 6.04 Å². The SMILES string of the molecule is O=C(CCc1nccs1)N1CCc2[nH]cnc2[C@H]1c1nc2cccc(F)c2s1. The summed E-state index contributed by atoms with van der Waals surface area (Å²) in [5.74, 6) is -0.255. The number of thiazole rings is 2. The number of carbonyl (C=O) groups excluding carboxylic acids is 1. The number of aromatic nitrogens is 4. The lowest BCUT2D eigenvalue weighted by atomic mass is 10.0. The van der Waals surface area contributed by atoms with E-state index in [1.54, 1.807) is 36.0 Å². The molecule has 142 valence electrons. The first-order chi connectivity index (χ1) is 13.7. The molecule has 5 rings (SSSR count). The molecule has 3 aromatic heterocycles. The number of nitrogens with one attached hydrogen (secondary N) is 1. The van der Waals surface area contributed by atoms with E-state index in [1.165, 1.54) is 17.4 Å². The summed E-state index contributed by atoms with van der Waals surface area (Å²) in [4.78, 5) is 31.4. The number of nitrogens with zero attached hydrogens (tertiary/aromatic N) is 4. The molecule has 1 aliphatic heterocycles. The number of halogens is 1. The van der Waals surface area contributed by atoms with E-state index in [0.717, 1.165) is 16.4 Å². The maximum atomic E-state index is 14.2.